The van der Waals surface area contributed by atoms with Gasteiger partial charge in [0.05, 0.1) is 28.3 Å². The Labute approximate surface area is 244 Å². The van der Waals surface area contributed by atoms with E-state index in [1.165, 1.54) is 47.0 Å². The molecule has 0 radical (unpaired) electrons. The summed E-state index contributed by atoms with van der Waals surface area (Å²) in [6.45, 7) is 15.6. The van der Waals surface area contributed by atoms with Gasteiger partial charge in [-0.1, -0.05) is 71.3 Å². The summed E-state index contributed by atoms with van der Waals surface area (Å²) in [5, 5.41) is 9.58. The van der Waals surface area contributed by atoms with Crippen molar-refractivity contribution in [2.45, 2.75) is 47.3 Å². The fourth-order valence-corrected chi connectivity index (χ4v) is 9.04. The van der Waals surface area contributed by atoms with Crippen LogP contribution in [0.3, 0.4) is 0 Å². The lowest BCUT2D eigenvalue weighted by molar-refractivity contribution is -0.141. The third-order valence-electron chi connectivity index (χ3n) is 5.73. The second kappa shape index (κ2) is 13.0. The summed E-state index contributed by atoms with van der Waals surface area (Å²) in [5.41, 5.74) is 4.33. The average molecular weight is 597 g/mol. The SMILES string of the molecule is [C-]#[N+]C(C(=O)OCCOCCOC(=O)C(C#N)=C1Sc2c(C)ccc(C)c2S1)=C1Sc2c(C)ccc(C)c2S1. The van der Waals surface area contributed by atoms with Gasteiger partial charge in [-0.15, -0.1) is 0 Å². The predicted octanol–water partition coefficient (Wildman–Crippen LogP) is 6.94. The molecule has 4 rings (SSSR count). The molecule has 2 aromatic rings. The molecular formula is C28H24N2O5S4. The molecule has 0 saturated carbocycles. The van der Waals surface area contributed by atoms with Crippen LogP contribution in [0.1, 0.15) is 22.3 Å². The molecule has 2 aromatic carbocycles. The molecule has 0 atom stereocenters. The molecule has 7 nitrogen and oxygen atoms in total. The standard InChI is InChI=1S/C28H24N2O5S4/c1-15-6-7-16(2)22-21(15)36-27(37-22)19(14-29)25(31)34-12-10-33-11-13-35-26(32)20(30-5)28-38-23-17(3)8-9-18(4)24(23)39-28/h6-9H,10-13H2,1-4H3. The Kier molecular flexibility index (Phi) is 9.76. The van der Waals surface area contributed by atoms with Crippen molar-refractivity contribution in [1.82, 2.24) is 0 Å². The van der Waals surface area contributed by atoms with Crippen LogP contribution in [0.25, 0.3) is 4.85 Å². The van der Waals surface area contributed by atoms with Crippen molar-refractivity contribution in [3.63, 3.8) is 0 Å². The maximum Gasteiger partial charge on any atom is 0.350 e. The van der Waals surface area contributed by atoms with Gasteiger partial charge >= 0.3 is 11.9 Å². The number of benzene rings is 2. The molecule has 0 saturated heterocycles. The first-order valence-electron chi connectivity index (χ1n) is 11.8. The number of nitrogens with zero attached hydrogens (tertiary/aromatic N) is 2. The highest BCUT2D eigenvalue weighted by molar-refractivity contribution is 8.25. The van der Waals surface area contributed by atoms with E-state index < -0.39 is 11.9 Å². The van der Waals surface area contributed by atoms with Gasteiger partial charge in [0, 0.05) is 19.6 Å². The van der Waals surface area contributed by atoms with Gasteiger partial charge in [-0.05, 0) is 49.9 Å². The highest BCUT2D eigenvalue weighted by atomic mass is 32.2. The number of carbonyl (C=O) groups is 2. The molecule has 0 aliphatic carbocycles. The van der Waals surface area contributed by atoms with Crippen molar-refractivity contribution in [1.29, 1.82) is 5.26 Å². The smallest absolute Gasteiger partial charge is 0.350 e. The second-order valence-corrected chi connectivity index (χ2v) is 13.1. The molecule has 0 fully saturated rings. The van der Waals surface area contributed by atoms with Gasteiger partial charge in [0.1, 0.15) is 19.3 Å². The van der Waals surface area contributed by atoms with Gasteiger partial charge in [0.25, 0.3) is 5.70 Å². The van der Waals surface area contributed by atoms with Crippen molar-refractivity contribution in [2.24, 2.45) is 0 Å². The highest BCUT2D eigenvalue weighted by Gasteiger charge is 2.29. The summed E-state index contributed by atoms with van der Waals surface area (Å²) >= 11 is 5.67. The fourth-order valence-electron chi connectivity index (χ4n) is 3.62. The summed E-state index contributed by atoms with van der Waals surface area (Å²) in [7, 11) is 0. The normalized spacial score (nSPS) is 13.3. The number of nitriles is 1. The Morgan fingerprint density at radius 1 is 0.744 bits per heavy atom. The van der Waals surface area contributed by atoms with Crippen molar-refractivity contribution in [3.05, 3.63) is 77.7 Å². The van der Waals surface area contributed by atoms with Crippen molar-refractivity contribution in [2.75, 3.05) is 26.4 Å². The quantitative estimate of drug-likeness (QED) is 0.105. The van der Waals surface area contributed by atoms with Crippen molar-refractivity contribution >= 4 is 59.0 Å². The number of carbonyl (C=O) groups excluding carboxylic acids is 2. The number of esters is 2. The summed E-state index contributed by atoms with van der Waals surface area (Å²) in [6.07, 6.45) is 0. The zero-order valence-corrected chi connectivity index (χ0v) is 25.0. The number of fused-ring (bicyclic) bond motifs is 2. The van der Waals surface area contributed by atoms with E-state index in [1.54, 1.807) is 0 Å². The minimum absolute atomic E-state index is 0.0242. The number of rotatable bonds is 8. The monoisotopic (exact) mass is 596 g/mol. The van der Waals surface area contributed by atoms with Crippen molar-refractivity contribution in [3.8, 4) is 6.07 Å². The van der Waals surface area contributed by atoms with E-state index in [2.05, 4.69) is 4.85 Å². The largest absolute Gasteiger partial charge is 0.468 e. The molecule has 39 heavy (non-hydrogen) atoms. The molecular weight excluding hydrogens is 573 g/mol. The molecule has 200 valence electrons. The highest BCUT2D eigenvalue weighted by Crippen LogP contribution is 2.55. The van der Waals surface area contributed by atoms with Gasteiger partial charge in [-0.25, -0.2) is 9.64 Å². The zero-order valence-electron chi connectivity index (χ0n) is 21.7. The lowest BCUT2D eigenvalue weighted by atomic mass is 10.2. The van der Waals surface area contributed by atoms with Gasteiger partial charge in [0.15, 0.2) is 5.57 Å². The zero-order chi connectivity index (χ0) is 28.1. The minimum atomic E-state index is -0.697. The van der Waals surface area contributed by atoms with Crippen LogP contribution in [0.4, 0.5) is 0 Å². The van der Waals surface area contributed by atoms with E-state index in [4.69, 9.17) is 20.8 Å². The lowest BCUT2D eigenvalue weighted by Crippen LogP contribution is -2.16. The Morgan fingerprint density at radius 3 is 1.56 bits per heavy atom. The molecule has 0 bridgehead atoms. The van der Waals surface area contributed by atoms with Gasteiger partial charge in [-0.3, -0.25) is 4.79 Å². The van der Waals surface area contributed by atoms with E-state index in [1.807, 2.05) is 58.0 Å². The molecule has 0 unspecified atom stereocenters. The topological polar surface area (TPSA) is 90.0 Å². The van der Waals surface area contributed by atoms with Gasteiger partial charge in [-0.2, -0.15) is 5.26 Å². The average Bonchev–Trinajstić information content (AvgIpc) is 3.56. The Balaban J connectivity index is 1.21. The van der Waals surface area contributed by atoms with Crippen molar-refractivity contribution < 1.29 is 23.8 Å². The molecule has 2 heterocycles. The molecule has 0 N–H and O–H groups in total. The molecule has 0 amide bonds. The summed E-state index contributed by atoms with van der Waals surface area (Å²) in [6, 6.07) is 10.1. The van der Waals surface area contributed by atoms with Crippen LogP contribution in [-0.4, -0.2) is 38.4 Å². The van der Waals surface area contributed by atoms with Gasteiger partial charge in [0.2, 0.25) is 0 Å². The first kappa shape index (κ1) is 29.2. The van der Waals surface area contributed by atoms with Crippen LogP contribution in [0.5, 0.6) is 0 Å². The molecule has 2 aliphatic heterocycles. The third-order valence-corrected chi connectivity index (χ3v) is 11.4. The Morgan fingerprint density at radius 2 is 1.15 bits per heavy atom. The van der Waals surface area contributed by atoms with E-state index in [0.717, 1.165) is 41.8 Å². The van der Waals surface area contributed by atoms with Crippen LogP contribution < -0.4 is 0 Å². The predicted molar refractivity (Wildman–Crippen MR) is 154 cm³/mol. The minimum Gasteiger partial charge on any atom is -0.468 e. The summed E-state index contributed by atoms with van der Waals surface area (Å²) < 4.78 is 17.1. The maximum absolute atomic E-state index is 12.5. The first-order chi connectivity index (χ1) is 18.7. The Bertz CT molecular complexity index is 1320. The van der Waals surface area contributed by atoms with E-state index in [9.17, 15) is 14.9 Å². The maximum atomic E-state index is 12.5. The van der Waals surface area contributed by atoms with Crippen LogP contribution in [0.2, 0.25) is 0 Å². The number of ether oxygens (including phenoxy) is 3. The summed E-state index contributed by atoms with van der Waals surface area (Å²) in [4.78, 5) is 32.7. The first-order valence-corrected chi connectivity index (χ1v) is 15.1. The number of hydrogen-bond acceptors (Lipinski definition) is 10. The summed E-state index contributed by atoms with van der Waals surface area (Å²) in [5.74, 6) is -1.39. The van der Waals surface area contributed by atoms with E-state index >= 15 is 0 Å². The van der Waals surface area contributed by atoms with E-state index in [-0.39, 0.29) is 37.7 Å². The van der Waals surface area contributed by atoms with Gasteiger partial charge < -0.3 is 14.2 Å². The number of hydrogen-bond donors (Lipinski definition) is 0. The molecule has 0 aromatic heterocycles. The Hall–Kier alpha value is -2.80. The lowest BCUT2D eigenvalue weighted by Gasteiger charge is -2.08. The van der Waals surface area contributed by atoms with Crippen LogP contribution in [-0.2, 0) is 23.8 Å². The number of aryl methyl sites for hydroxylation is 4. The van der Waals surface area contributed by atoms with Crippen LogP contribution in [0, 0.1) is 45.6 Å². The van der Waals surface area contributed by atoms with Crippen LogP contribution >= 0.6 is 47.0 Å². The molecule has 11 heteroatoms. The number of thioether (sulfide) groups is 4. The van der Waals surface area contributed by atoms with E-state index in [0.29, 0.717) is 8.47 Å². The second-order valence-electron chi connectivity index (χ2n) is 8.53. The third kappa shape index (κ3) is 6.51. The molecule has 2 aliphatic rings. The van der Waals surface area contributed by atoms with Crippen LogP contribution in [0.15, 0.2) is 63.6 Å². The fraction of sp³-hybridized carbons (Fsp3) is 0.286. The molecule has 0 spiro atoms.